The van der Waals surface area contributed by atoms with Crippen LogP contribution < -0.4 is 15.6 Å². The second-order valence-electron chi connectivity index (χ2n) is 7.88. The first-order valence-corrected chi connectivity index (χ1v) is 9.79. The smallest absolute Gasteiger partial charge is 0.406 e. The van der Waals surface area contributed by atoms with E-state index in [1.807, 2.05) is 45.0 Å². The van der Waals surface area contributed by atoms with Gasteiger partial charge in [0.15, 0.2) is 0 Å². The molecule has 1 N–H and O–H groups in total. The van der Waals surface area contributed by atoms with Gasteiger partial charge in [-0.15, -0.1) is 13.2 Å². The Balaban J connectivity index is 1.68. The lowest BCUT2D eigenvalue weighted by Crippen LogP contribution is -2.36. The number of benzene rings is 2. The van der Waals surface area contributed by atoms with Crippen molar-refractivity contribution in [3.8, 4) is 16.9 Å². The molecule has 1 aromatic heterocycles. The summed E-state index contributed by atoms with van der Waals surface area (Å²) in [5, 5.41) is 7.36. The number of alkyl halides is 3. The predicted molar refractivity (Wildman–Crippen MR) is 114 cm³/mol. The molecule has 0 fully saturated rings. The number of ether oxygens (including phenoxy) is 1. The molecule has 0 aliphatic heterocycles. The minimum absolute atomic E-state index is 0.0720. The lowest BCUT2D eigenvalue weighted by molar-refractivity contribution is -0.274. The van der Waals surface area contributed by atoms with Crippen LogP contribution >= 0.6 is 11.6 Å². The second kappa shape index (κ2) is 8.63. The molecule has 0 saturated heterocycles. The predicted octanol–water partition coefficient (Wildman–Crippen LogP) is 5.83. The lowest BCUT2D eigenvalue weighted by Gasteiger charge is -2.21. The highest BCUT2D eigenvalue weighted by Gasteiger charge is 2.31. The Kier molecular flexibility index (Phi) is 6.31. The van der Waals surface area contributed by atoms with Crippen molar-refractivity contribution in [2.45, 2.75) is 39.2 Å². The van der Waals surface area contributed by atoms with Gasteiger partial charge in [0.2, 0.25) is 0 Å². The zero-order valence-electron chi connectivity index (χ0n) is 17.1. The van der Waals surface area contributed by atoms with E-state index in [2.05, 4.69) is 15.2 Å². The first-order chi connectivity index (χ1) is 14.4. The molecule has 0 bridgehead atoms. The summed E-state index contributed by atoms with van der Waals surface area (Å²) in [5.41, 5.74) is 2.12. The molecule has 0 aliphatic rings. The minimum atomic E-state index is -4.72. The molecule has 1 heterocycles. The summed E-state index contributed by atoms with van der Waals surface area (Å²) in [6.45, 7) is 6.01. The van der Waals surface area contributed by atoms with Crippen molar-refractivity contribution in [3.05, 3.63) is 75.7 Å². The van der Waals surface area contributed by atoms with Gasteiger partial charge in [0.1, 0.15) is 10.8 Å². The number of anilines is 1. The molecule has 0 amide bonds. The van der Waals surface area contributed by atoms with Gasteiger partial charge in [0, 0.05) is 6.54 Å². The van der Waals surface area contributed by atoms with Crippen LogP contribution in [-0.4, -0.2) is 16.1 Å². The maximum atomic E-state index is 12.4. The van der Waals surface area contributed by atoms with E-state index >= 15 is 0 Å². The van der Waals surface area contributed by atoms with Crippen molar-refractivity contribution in [1.29, 1.82) is 0 Å². The van der Waals surface area contributed by atoms with Crippen LogP contribution in [-0.2, 0) is 12.1 Å². The molecule has 3 aromatic rings. The average molecular weight is 452 g/mol. The van der Waals surface area contributed by atoms with Gasteiger partial charge in [0.05, 0.1) is 17.4 Å². The molecule has 5 nitrogen and oxygen atoms in total. The standard InChI is InChI=1S/C22H21ClF3N3O2/c1-21(2,3)29-20(30)19(23)18(13-28-29)27-12-14-4-6-15(7-5-14)16-8-10-17(11-9-16)31-22(24,25)26/h4-11,13,27H,12H2,1-3H3. The Morgan fingerprint density at radius 3 is 2.06 bits per heavy atom. The van der Waals surface area contributed by atoms with Crippen molar-refractivity contribution in [2.75, 3.05) is 5.32 Å². The highest BCUT2D eigenvalue weighted by molar-refractivity contribution is 6.32. The highest BCUT2D eigenvalue weighted by atomic mass is 35.5. The van der Waals surface area contributed by atoms with E-state index in [0.29, 0.717) is 12.2 Å². The number of hydrogen-bond donors (Lipinski definition) is 1. The third-order valence-corrected chi connectivity index (χ3v) is 4.78. The van der Waals surface area contributed by atoms with Crippen LogP contribution in [0.3, 0.4) is 0 Å². The number of rotatable bonds is 5. The Labute approximate surface area is 182 Å². The summed E-state index contributed by atoms with van der Waals surface area (Å²) >= 11 is 6.21. The molecule has 0 atom stereocenters. The van der Waals surface area contributed by atoms with Gasteiger partial charge in [-0.25, -0.2) is 4.68 Å². The molecule has 0 spiro atoms. The highest BCUT2D eigenvalue weighted by Crippen LogP contribution is 2.27. The number of hydrogen-bond acceptors (Lipinski definition) is 4. The first-order valence-electron chi connectivity index (χ1n) is 9.41. The van der Waals surface area contributed by atoms with E-state index in [9.17, 15) is 18.0 Å². The van der Waals surface area contributed by atoms with Gasteiger partial charge < -0.3 is 10.1 Å². The van der Waals surface area contributed by atoms with Gasteiger partial charge in [0.25, 0.3) is 5.56 Å². The number of nitrogens with zero attached hydrogens (tertiary/aromatic N) is 2. The van der Waals surface area contributed by atoms with E-state index in [-0.39, 0.29) is 16.3 Å². The second-order valence-corrected chi connectivity index (χ2v) is 8.26. The largest absolute Gasteiger partial charge is 0.573 e. The van der Waals surface area contributed by atoms with Crippen LogP contribution in [0.5, 0.6) is 5.75 Å². The fourth-order valence-electron chi connectivity index (χ4n) is 2.90. The normalized spacial score (nSPS) is 12.0. The molecular weight excluding hydrogens is 431 g/mol. The molecule has 3 rings (SSSR count). The Morgan fingerprint density at radius 2 is 1.55 bits per heavy atom. The van der Waals surface area contributed by atoms with E-state index in [4.69, 9.17) is 11.6 Å². The van der Waals surface area contributed by atoms with Crippen LogP contribution in [0.2, 0.25) is 5.02 Å². The number of aromatic nitrogens is 2. The third-order valence-electron chi connectivity index (χ3n) is 4.41. The summed E-state index contributed by atoms with van der Waals surface area (Å²) in [5.74, 6) is -0.268. The Bertz CT molecular complexity index is 1100. The molecule has 0 saturated carbocycles. The van der Waals surface area contributed by atoms with Crippen molar-refractivity contribution in [3.63, 3.8) is 0 Å². The van der Waals surface area contributed by atoms with Crippen molar-refractivity contribution in [1.82, 2.24) is 9.78 Å². The zero-order valence-corrected chi connectivity index (χ0v) is 17.9. The Hall–Kier alpha value is -3.00. The summed E-state index contributed by atoms with van der Waals surface area (Å²) in [7, 11) is 0. The Morgan fingerprint density at radius 1 is 1.00 bits per heavy atom. The lowest BCUT2D eigenvalue weighted by atomic mass is 10.0. The zero-order chi connectivity index (χ0) is 22.8. The van der Waals surface area contributed by atoms with Crippen LogP contribution in [0.4, 0.5) is 18.9 Å². The molecular formula is C22H21ClF3N3O2. The van der Waals surface area contributed by atoms with Gasteiger partial charge in [-0.3, -0.25) is 4.79 Å². The monoisotopic (exact) mass is 451 g/mol. The van der Waals surface area contributed by atoms with E-state index < -0.39 is 11.9 Å². The van der Waals surface area contributed by atoms with Crippen LogP contribution in [0.15, 0.2) is 59.5 Å². The molecule has 2 aromatic carbocycles. The van der Waals surface area contributed by atoms with E-state index in [0.717, 1.165) is 16.7 Å². The quantitative estimate of drug-likeness (QED) is 0.530. The fraction of sp³-hybridized carbons (Fsp3) is 0.273. The van der Waals surface area contributed by atoms with E-state index in [1.165, 1.54) is 23.0 Å². The first kappa shape index (κ1) is 22.7. The summed E-state index contributed by atoms with van der Waals surface area (Å²) in [4.78, 5) is 12.4. The summed E-state index contributed by atoms with van der Waals surface area (Å²) in [6.07, 6.45) is -3.19. The summed E-state index contributed by atoms with van der Waals surface area (Å²) in [6, 6.07) is 13.1. The maximum absolute atomic E-state index is 12.4. The average Bonchev–Trinajstić information content (AvgIpc) is 2.68. The topological polar surface area (TPSA) is 56.1 Å². The molecule has 0 unspecified atom stereocenters. The molecule has 31 heavy (non-hydrogen) atoms. The molecule has 164 valence electrons. The van der Waals surface area contributed by atoms with Crippen molar-refractivity contribution >= 4 is 17.3 Å². The van der Waals surface area contributed by atoms with Gasteiger partial charge in [-0.1, -0.05) is 48.0 Å². The number of halogens is 4. The maximum Gasteiger partial charge on any atom is 0.573 e. The molecule has 0 radical (unpaired) electrons. The molecule has 9 heteroatoms. The summed E-state index contributed by atoms with van der Waals surface area (Å²) < 4.78 is 42.0. The van der Waals surface area contributed by atoms with Crippen molar-refractivity contribution in [2.24, 2.45) is 0 Å². The van der Waals surface area contributed by atoms with E-state index in [1.54, 1.807) is 12.1 Å². The van der Waals surface area contributed by atoms with Crippen molar-refractivity contribution < 1.29 is 17.9 Å². The SMILES string of the molecule is CC(C)(C)n1ncc(NCc2ccc(-c3ccc(OC(F)(F)F)cc3)cc2)c(Cl)c1=O. The van der Waals surface area contributed by atoms with Crippen LogP contribution in [0, 0.1) is 0 Å². The van der Waals surface area contributed by atoms with Crippen LogP contribution in [0.25, 0.3) is 11.1 Å². The number of nitrogens with one attached hydrogen (secondary N) is 1. The third kappa shape index (κ3) is 5.79. The van der Waals surface area contributed by atoms with Crippen LogP contribution in [0.1, 0.15) is 26.3 Å². The molecule has 0 aliphatic carbocycles. The fourth-order valence-corrected chi connectivity index (χ4v) is 3.09. The van der Waals surface area contributed by atoms with Gasteiger partial charge >= 0.3 is 6.36 Å². The van der Waals surface area contributed by atoms with Gasteiger partial charge in [-0.05, 0) is 49.6 Å². The minimum Gasteiger partial charge on any atom is -0.406 e. The van der Waals surface area contributed by atoms with Gasteiger partial charge in [-0.2, -0.15) is 5.10 Å².